The Morgan fingerprint density at radius 3 is 2.23 bits per heavy atom. The Morgan fingerprint density at radius 2 is 1.60 bits per heavy atom. The highest BCUT2D eigenvalue weighted by atomic mass is 16.4. The summed E-state index contributed by atoms with van der Waals surface area (Å²) in [7, 11) is 0. The first kappa shape index (κ1) is 25.7. The highest BCUT2D eigenvalue weighted by molar-refractivity contribution is 5.77. The predicted molar refractivity (Wildman–Crippen MR) is 135 cm³/mol. The number of allylic oxidation sites excluding steroid dienone is 1. The molecule has 5 heteroatoms. The van der Waals surface area contributed by atoms with Gasteiger partial charge in [0.25, 0.3) is 0 Å². The molecule has 0 heterocycles. The number of aliphatic hydroxyl groups is 3. The second kappa shape index (κ2) is 7.35. The van der Waals surface area contributed by atoms with Crippen molar-refractivity contribution in [2.75, 3.05) is 0 Å². The molecule has 4 fully saturated rings. The van der Waals surface area contributed by atoms with E-state index in [1.54, 1.807) is 0 Å². The molecule has 198 valence electrons. The molecule has 4 saturated carbocycles. The smallest absolute Gasteiger partial charge is 0.310 e. The Balaban J connectivity index is 1.65. The zero-order valence-corrected chi connectivity index (χ0v) is 22.9. The van der Waals surface area contributed by atoms with E-state index in [0.717, 1.165) is 32.1 Å². The molecule has 11 atom stereocenters. The van der Waals surface area contributed by atoms with Crippen LogP contribution in [-0.4, -0.2) is 44.2 Å². The number of carboxylic acid groups (broad SMARTS) is 1. The van der Waals surface area contributed by atoms with Crippen LogP contribution in [0.5, 0.6) is 0 Å². The molecule has 0 amide bonds. The summed E-state index contributed by atoms with van der Waals surface area (Å²) in [6.07, 6.45) is 7.21. The van der Waals surface area contributed by atoms with Crippen molar-refractivity contribution in [3.8, 4) is 0 Å². The van der Waals surface area contributed by atoms with Crippen LogP contribution < -0.4 is 0 Å². The van der Waals surface area contributed by atoms with Crippen molar-refractivity contribution in [3.63, 3.8) is 0 Å². The third kappa shape index (κ3) is 2.90. The molecule has 5 nitrogen and oxygen atoms in total. The van der Waals surface area contributed by atoms with E-state index in [1.165, 1.54) is 5.57 Å². The van der Waals surface area contributed by atoms with Crippen LogP contribution in [0.3, 0.4) is 0 Å². The molecule has 5 aliphatic carbocycles. The van der Waals surface area contributed by atoms with Crippen LogP contribution in [-0.2, 0) is 4.79 Å². The van der Waals surface area contributed by atoms with Gasteiger partial charge in [-0.3, -0.25) is 4.79 Å². The number of carboxylic acids is 1. The van der Waals surface area contributed by atoms with Gasteiger partial charge in [0.1, 0.15) is 0 Å². The molecular weight excluding hydrogens is 440 g/mol. The van der Waals surface area contributed by atoms with E-state index < -0.39 is 29.2 Å². The van der Waals surface area contributed by atoms with Gasteiger partial charge in [-0.2, -0.15) is 0 Å². The average Bonchev–Trinajstić information content (AvgIpc) is 2.75. The van der Waals surface area contributed by atoms with Gasteiger partial charge in [0.05, 0.1) is 23.2 Å². The lowest BCUT2D eigenvalue weighted by Gasteiger charge is -2.72. The highest BCUT2D eigenvalue weighted by Crippen LogP contribution is 2.76. The first-order valence-electron chi connectivity index (χ1n) is 14.0. The Hall–Kier alpha value is -0.910. The van der Waals surface area contributed by atoms with Crippen molar-refractivity contribution in [2.24, 2.45) is 50.7 Å². The molecule has 0 unspecified atom stereocenters. The van der Waals surface area contributed by atoms with E-state index in [9.17, 15) is 25.2 Å². The quantitative estimate of drug-likeness (QED) is 0.382. The Bertz CT molecular complexity index is 952. The topological polar surface area (TPSA) is 98.0 Å². The maximum absolute atomic E-state index is 12.8. The van der Waals surface area contributed by atoms with Crippen LogP contribution in [0.25, 0.3) is 0 Å². The fraction of sp³-hybridized carbons (Fsp3) is 0.900. The predicted octanol–water partition coefficient (Wildman–Crippen LogP) is 5.18. The number of hydrogen-bond acceptors (Lipinski definition) is 4. The second-order valence-corrected chi connectivity index (χ2v) is 14.9. The van der Waals surface area contributed by atoms with Gasteiger partial charge in [-0.1, -0.05) is 53.2 Å². The van der Waals surface area contributed by atoms with Crippen LogP contribution in [0, 0.1) is 50.7 Å². The average molecular weight is 489 g/mol. The molecule has 35 heavy (non-hydrogen) atoms. The molecule has 5 rings (SSSR count). The van der Waals surface area contributed by atoms with Crippen LogP contribution in [0.15, 0.2) is 11.6 Å². The summed E-state index contributed by atoms with van der Waals surface area (Å²) < 4.78 is 0. The normalized spacial score (nSPS) is 57.1. The van der Waals surface area contributed by atoms with E-state index in [1.807, 2.05) is 6.92 Å². The van der Waals surface area contributed by atoms with Crippen molar-refractivity contribution in [1.82, 2.24) is 0 Å². The summed E-state index contributed by atoms with van der Waals surface area (Å²) in [5, 5.41) is 44.3. The monoisotopic (exact) mass is 488 g/mol. The van der Waals surface area contributed by atoms with Gasteiger partial charge in [0.15, 0.2) is 0 Å². The van der Waals surface area contributed by atoms with Gasteiger partial charge < -0.3 is 20.4 Å². The van der Waals surface area contributed by atoms with Crippen LogP contribution in [0.4, 0.5) is 0 Å². The Labute approximate surface area is 211 Å². The molecule has 0 aliphatic heterocycles. The molecule has 0 aromatic carbocycles. The van der Waals surface area contributed by atoms with Gasteiger partial charge in [-0.05, 0) is 97.7 Å². The molecule has 0 radical (unpaired) electrons. The number of carbonyl (C=O) groups is 1. The summed E-state index contributed by atoms with van der Waals surface area (Å²) in [5.74, 6) is -0.394. The van der Waals surface area contributed by atoms with Crippen LogP contribution in [0.2, 0.25) is 0 Å². The summed E-state index contributed by atoms with van der Waals surface area (Å²) in [5.41, 5.74) is -1.46. The molecule has 0 saturated heterocycles. The zero-order valence-electron chi connectivity index (χ0n) is 22.9. The third-order valence-corrected chi connectivity index (χ3v) is 13.4. The van der Waals surface area contributed by atoms with Crippen molar-refractivity contribution < 1.29 is 25.2 Å². The van der Waals surface area contributed by atoms with Crippen molar-refractivity contribution in [1.29, 1.82) is 0 Å². The largest absolute Gasteiger partial charge is 0.481 e. The molecule has 0 aromatic heterocycles. The lowest BCUT2D eigenvalue weighted by Crippen LogP contribution is -2.68. The lowest BCUT2D eigenvalue weighted by atomic mass is 9.33. The number of fused-ring (bicyclic) bond motifs is 7. The molecular formula is C30H48O5. The number of aliphatic hydroxyl groups excluding tert-OH is 2. The number of rotatable bonds is 1. The third-order valence-electron chi connectivity index (χ3n) is 13.4. The SMILES string of the molecule is C[C@@H]1CC[C@]2(C(=O)O)CC[C@]3(C)C(=CC[C@@H]4[C@@]5(C)C[C@@H](O)[C@@H](O)C(C)(C)[C@H]5CC[C@]43C)[C@@H]2[C@]1(C)O. The van der Waals surface area contributed by atoms with E-state index in [0.29, 0.717) is 31.1 Å². The lowest BCUT2D eigenvalue weighted by molar-refractivity contribution is -0.237. The van der Waals surface area contributed by atoms with E-state index in [2.05, 4.69) is 47.6 Å². The van der Waals surface area contributed by atoms with E-state index in [4.69, 9.17) is 0 Å². The van der Waals surface area contributed by atoms with Crippen LogP contribution >= 0.6 is 0 Å². The molecule has 4 N–H and O–H groups in total. The minimum Gasteiger partial charge on any atom is -0.481 e. The second-order valence-electron chi connectivity index (χ2n) is 14.9. The number of aliphatic carboxylic acids is 1. The summed E-state index contributed by atoms with van der Waals surface area (Å²) >= 11 is 0. The Morgan fingerprint density at radius 1 is 0.943 bits per heavy atom. The molecule has 5 aliphatic rings. The molecule has 0 spiro atoms. The van der Waals surface area contributed by atoms with Crippen molar-refractivity contribution in [3.05, 3.63) is 11.6 Å². The Kier molecular flexibility index (Phi) is 5.40. The zero-order chi connectivity index (χ0) is 26.0. The minimum atomic E-state index is -1.05. The van der Waals surface area contributed by atoms with Crippen molar-refractivity contribution in [2.45, 2.75) is 118 Å². The fourth-order valence-corrected chi connectivity index (χ4v) is 11.0. The minimum absolute atomic E-state index is 0.0535. The van der Waals surface area contributed by atoms with E-state index >= 15 is 0 Å². The highest BCUT2D eigenvalue weighted by Gasteiger charge is 2.71. The van der Waals surface area contributed by atoms with E-state index in [-0.39, 0.29) is 33.5 Å². The first-order valence-corrected chi connectivity index (χ1v) is 14.0. The fourth-order valence-electron chi connectivity index (χ4n) is 11.0. The van der Waals surface area contributed by atoms with Gasteiger partial charge in [-0.15, -0.1) is 0 Å². The summed E-state index contributed by atoms with van der Waals surface area (Å²) in [6, 6.07) is 0. The summed E-state index contributed by atoms with van der Waals surface area (Å²) in [4.78, 5) is 12.8. The van der Waals surface area contributed by atoms with Gasteiger partial charge in [0.2, 0.25) is 0 Å². The van der Waals surface area contributed by atoms with Gasteiger partial charge in [0, 0.05) is 5.92 Å². The van der Waals surface area contributed by atoms with Crippen molar-refractivity contribution >= 4 is 5.97 Å². The van der Waals surface area contributed by atoms with Gasteiger partial charge in [-0.25, -0.2) is 0 Å². The number of hydrogen-bond donors (Lipinski definition) is 4. The molecule has 0 bridgehead atoms. The van der Waals surface area contributed by atoms with Crippen LogP contribution in [0.1, 0.15) is 99.8 Å². The van der Waals surface area contributed by atoms with Gasteiger partial charge >= 0.3 is 5.97 Å². The summed E-state index contributed by atoms with van der Waals surface area (Å²) in [6.45, 7) is 15.3. The standard InChI is InChI=1S/C30H48O5/c1-17-10-13-30(24(33)34)15-14-27(5)18(22(30)29(17,7)35)8-9-21-26(4)16-19(31)23(32)25(2,3)20(26)11-12-28(21,27)6/h8,17,19-23,31-32,35H,9-16H2,1-7H3,(H,33,34)/t17-,19-,20-,21-,22-,23-,26+,27-,28-,29-,30+/m1/s1. The first-order chi connectivity index (χ1) is 16.0. The maximum Gasteiger partial charge on any atom is 0.310 e. The molecule has 0 aromatic rings. The maximum atomic E-state index is 12.8.